The molecule has 0 aliphatic heterocycles. The van der Waals surface area contributed by atoms with E-state index in [0.29, 0.717) is 6.54 Å². The monoisotopic (exact) mass is 274 g/mol. The highest BCUT2D eigenvalue weighted by molar-refractivity contribution is 5.67. The van der Waals surface area contributed by atoms with Gasteiger partial charge in [0.2, 0.25) is 0 Å². The zero-order valence-electron chi connectivity index (χ0n) is 11.9. The van der Waals surface area contributed by atoms with Crippen molar-refractivity contribution in [2.75, 3.05) is 7.11 Å². The predicted octanol–water partition coefficient (Wildman–Crippen LogP) is 2.65. The van der Waals surface area contributed by atoms with Gasteiger partial charge in [-0.25, -0.2) is 4.98 Å². The van der Waals surface area contributed by atoms with Crippen LogP contribution in [0.1, 0.15) is 17.5 Å². The number of aromatic nitrogens is 2. The second kappa shape index (κ2) is 5.77. The van der Waals surface area contributed by atoms with Gasteiger partial charge in [-0.3, -0.25) is 4.79 Å². The Labute approximate surface area is 117 Å². The molecular weight excluding hydrogens is 256 g/mol. The molecule has 20 heavy (non-hydrogen) atoms. The van der Waals surface area contributed by atoms with Gasteiger partial charge in [-0.2, -0.15) is 0 Å². The van der Waals surface area contributed by atoms with Crippen molar-refractivity contribution in [3.8, 4) is 17.0 Å². The Morgan fingerprint density at radius 2 is 2.10 bits per heavy atom. The van der Waals surface area contributed by atoms with Crippen molar-refractivity contribution in [2.24, 2.45) is 0 Å². The summed E-state index contributed by atoms with van der Waals surface area (Å²) in [5.41, 5.74) is 4.01. The predicted molar refractivity (Wildman–Crippen MR) is 75.9 cm³/mol. The normalized spacial score (nSPS) is 10.6. The Bertz CT molecular complexity index is 632. The summed E-state index contributed by atoms with van der Waals surface area (Å²) in [5, 5.41) is 8.69. The van der Waals surface area contributed by atoms with E-state index in [2.05, 4.69) is 4.98 Å². The minimum atomic E-state index is -0.809. The molecule has 0 spiro atoms. The molecule has 1 heterocycles. The van der Waals surface area contributed by atoms with Gasteiger partial charge < -0.3 is 14.4 Å². The van der Waals surface area contributed by atoms with E-state index >= 15 is 0 Å². The quantitative estimate of drug-likeness (QED) is 0.910. The van der Waals surface area contributed by atoms with Crippen LogP contribution in [0.2, 0.25) is 0 Å². The first-order valence-electron chi connectivity index (χ1n) is 6.40. The van der Waals surface area contributed by atoms with Crippen LogP contribution < -0.4 is 4.74 Å². The molecule has 1 aromatic heterocycles. The van der Waals surface area contributed by atoms with Gasteiger partial charge in [0.25, 0.3) is 0 Å². The van der Waals surface area contributed by atoms with E-state index in [0.717, 1.165) is 28.1 Å². The lowest BCUT2D eigenvalue weighted by Gasteiger charge is -2.09. The molecule has 0 saturated heterocycles. The molecule has 0 amide bonds. The standard InChI is InChI=1S/C15H18N2O3/c1-10-7-14(20-3)11(2)6-12(10)13-8-17(9-16-13)5-4-15(18)19/h6-9H,4-5H2,1-3H3,(H,18,19). The number of rotatable bonds is 5. The van der Waals surface area contributed by atoms with Crippen LogP contribution in [-0.4, -0.2) is 27.7 Å². The molecule has 2 rings (SSSR count). The number of aryl methyl sites for hydroxylation is 3. The van der Waals surface area contributed by atoms with Crippen molar-refractivity contribution in [2.45, 2.75) is 26.8 Å². The van der Waals surface area contributed by atoms with E-state index in [1.807, 2.05) is 32.2 Å². The van der Waals surface area contributed by atoms with Crippen molar-refractivity contribution in [1.29, 1.82) is 0 Å². The topological polar surface area (TPSA) is 64.3 Å². The number of aliphatic carboxylic acids is 1. The maximum atomic E-state index is 10.6. The number of ether oxygens (including phenoxy) is 1. The molecule has 106 valence electrons. The zero-order chi connectivity index (χ0) is 14.7. The molecule has 2 aromatic rings. The van der Waals surface area contributed by atoms with E-state index in [1.165, 1.54) is 0 Å². The van der Waals surface area contributed by atoms with Crippen LogP contribution in [0.5, 0.6) is 5.75 Å². The fraction of sp³-hybridized carbons (Fsp3) is 0.333. The Hall–Kier alpha value is -2.30. The average molecular weight is 274 g/mol. The summed E-state index contributed by atoms with van der Waals surface area (Å²) in [6, 6.07) is 4.03. The second-order valence-electron chi connectivity index (χ2n) is 4.78. The molecule has 5 heteroatoms. The van der Waals surface area contributed by atoms with Crippen LogP contribution in [0.15, 0.2) is 24.7 Å². The molecular formula is C15H18N2O3. The first-order chi connectivity index (χ1) is 9.51. The van der Waals surface area contributed by atoms with Crippen LogP contribution in [0.25, 0.3) is 11.3 Å². The first kappa shape index (κ1) is 14.1. The van der Waals surface area contributed by atoms with Crippen LogP contribution in [-0.2, 0) is 11.3 Å². The third-order valence-electron chi connectivity index (χ3n) is 3.23. The van der Waals surface area contributed by atoms with Gasteiger partial charge in [0.1, 0.15) is 5.75 Å². The molecule has 1 aromatic carbocycles. The molecule has 0 fully saturated rings. The van der Waals surface area contributed by atoms with Gasteiger partial charge in [0, 0.05) is 18.3 Å². The van der Waals surface area contributed by atoms with Gasteiger partial charge >= 0.3 is 5.97 Å². The van der Waals surface area contributed by atoms with E-state index in [-0.39, 0.29) is 6.42 Å². The Morgan fingerprint density at radius 3 is 2.75 bits per heavy atom. The van der Waals surface area contributed by atoms with Crippen LogP contribution in [0, 0.1) is 13.8 Å². The van der Waals surface area contributed by atoms with Crippen molar-refractivity contribution in [3.63, 3.8) is 0 Å². The summed E-state index contributed by atoms with van der Waals surface area (Å²) in [5.74, 6) is 0.0493. The third kappa shape index (κ3) is 2.99. The number of hydrogen-bond acceptors (Lipinski definition) is 3. The zero-order valence-corrected chi connectivity index (χ0v) is 11.9. The highest BCUT2D eigenvalue weighted by atomic mass is 16.5. The molecule has 0 bridgehead atoms. The Morgan fingerprint density at radius 1 is 1.35 bits per heavy atom. The molecule has 0 aliphatic carbocycles. The smallest absolute Gasteiger partial charge is 0.305 e. The molecule has 0 saturated carbocycles. The van der Waals surface area contributed by atoms with Gasteiger partial charge in [-0.05, 0) is 37.1 Å². The molecule has 1 N–H and O–H groups in total. The SMILES string of the molecule is COc1cc(C)c(-c2cn(CCC(=O)O)cn2)cc1C. The second-order valence-corrected chi connectivity index (χ2v) is 4.78. The third-order valence-corrected chi connectivity index (χ3v) is 3.23. The van der Waals surface area contributed by atoms with Gasteiger partial charge in [-0.1, -0.05) is 0 Å². The summed E-state index contributed by atoms with van der Waals surface area (Å²) < 4.78 is 7.09. The average Bonchev–Trinajstić information content (AvgIpc) is 2.87. The number of carboxylic acids is 1. The number of benzene rings is 1. The summed E-state index contributed by atoms with van der Waals surface area (Å²) in [6.07, 6.45) is 3.63. The largest absolute Gasteiger partial charge is 0.496 e. The van der Waals surface area contributed by atoms with Crippen molar-refractivity contribution in [1.82, 2.24) is 9.55 Å². The van der Waals surface area contributed by atoms with E-state index in [1.54, 1.807) is 18.0 Å². The van der Waals surface area contributed by atoms with Crippen LogP contribution >= 0.6 is 0 Å². The Kier molecular flexibility index (Phi) is 4.08. The number of hydrogen-bond donors (Lipinski definition) is 1. The van der Waals surface area contributed by atoms with Crippen LogP contribution in [0.4, 0.5) is 0 Å². The van der Waals surface area contributed by atoms with Crippen molar-refractivity contribution < 1.29 is 14.6 Å². The van der Waals surface area contributed by atoms with Crippen LogP contribution in [0.3, 0.4) is 0 Å². The molecule has 0 atom stereocenters. The fourth-order valence-electron chi connectivity index (χ4n) is 2.13. The van der Waals surface area contributed by atoms with Gasteiger partial charge in [0.05, 0.1) is 25.6 Å². The molecule has 0 unspecified atom stereocenters. The minimum absolute atomic E-state index is 0.0937. The number of imidazole rings is 1. The fourth-order valence-corrected chi connectivity index (χ4v) is 2.13. The summed E-state index contributed by atoms with van der Waals surface area (Å²) in [6.45, 7) is 4.42. The maximum Gasteiger partial charge on any atom is 0.305 e. The first-order valence-corrected chi connectivity index (χ1v) is 6.40. The Balaban J connectivity index is 2.28. The molecule has 0 radical (unpaired) electrons. The highest BCUT2D eigenvalue weighted by Gasteiger charge is 2.10. The number of methoxy groups -OCH3 is 1. The van der Waals surface area contributed by atoms with Crippen molar-refractivity contribution in [3.05, 3.63) is 35.8 Å². The lowest BCUT2D eigenvalue weighted by atomic mass is 10.0. The number of nitrogens with zero attached hydrogens (tertiary/aromatic N) is 2. The summed E-state index contributed by atoms with van der Waals surface area (Å²) in [7, 11) is 1.65. The lowest BCUT2D eigenvalue weighted by molar-refractivity contribution is -0.137. The lowest BCUT2D eigenvalue weighted by Crippen LogP contribution is -2.02. The number of carbonyl (C=O) groups is 1. The van der Waals surface area contributed by atoms with Crippen molar-refractivity contribution >= 4 is 5.97 Å². The molecule has 0 aliphatic rings. The van der Waals surface area contributed by atoms with E-state index < -0.39 is 5.97 Å². The molecule has 5 nitrogen and oxygen atoms in total. The van der Waals surface area contributed by atoms with E-state index in [4.69, 9.17) is 9.84 Å². The summed E-state index contributed by atoms with van der Waals surface area (Å²) >= 11 is 0. The van der Waals surface area contributed by atoms with Gasteiger partial charge in [-0.15, -0.1) is 0 Å². The summed E-state index contributed by atoms with van der Waals surface area (Å²) in [4.78, 5) is 14.9. The maximum absolute atomic E-state index is 10.6. The van der Waals surface area contributed by atoms with E-state index in [9.17, 15) is 4.79 Å². The minimum Gasteiger partial charge on any atom is -0.496 e. The van der Waals surface area contributed by atoms with Gasteiger partial charge in [0.15, 0.2) is 0 Å². The highest BCUT2D eigenvalue weighted by Crippen LogP contribution is 2.28. The number of carboxylic acid groups (broad SMARTS) is 1.